The molecule has 0 bridgehead atoms. The second-order valence-electron chi connectivity index (χ2n) is 6.75. The first kappa shape index (κ1) is 15.3. The molecule has 2 aliphatic heterocycles. The van der Waals surface area contributed by atoms with Gasteiger partial charge in [-0.1, -0.05) is 26.0 Å². The number of aromatic nitrogens is 2. The molecule has 1 N–H and O–H groups in total. The van der Waals surface area contributed by atoms with Crippen LogP contribution in [0.1, 0.15) is 25.1 Å². The zero-order valence-corrected chi connectivity index (χ0v) is 14.2. The first-order chi connectivity index (χ1) is 11.7. The fraction of sp³-hybridized carbons (Fsp3) is 0.421. The van der Waals surface area contributed by atoms with Gasteiger partial charge in [-0.2, -0.15) is 5.10 Å². The lowest BCUT2D eigenvalue weighted by atomic mass is 10.0. The molecule has 0 fully saturated rings. The van der Waals surface area contributed by atoms with Crippen molar-refractivity contribution in [3.63, 3.8) is 0 Å². The summed E-state index contributed by atoms with van der Waals surface area (Å²) < 4.78 is 10.9. The van der Waals surface area contributed by atoms with Crippen molar-refractivity contribution in [2.24, 2.45) is 5.92 Å². The standard InChI is InChI=1S/C19H23N3O2/c1-13(2)4-3-8-22-9-7-16-15(11-22)19(21-20-16)14-5-6-17-18(10-14)24-12-23-17/h3-6,10,13H,7-9,11-12H2,1-2H3,(H,20,21)/b4-3+. The molecular formula is C19H23N3O2. The molecule has 0 aliphatic carbocycles. The largest absolute Gasteiger partial charge is 0.454 e. The van der Waals surface area contributed by atoms with Gasteiger partial charge >= 0.3 is 0 Å². The Labute approximate surface area is 142 Å². The average molecular weight is 325 g/mol. The molecule has 5 heteroatoms. The summed E-state index contributed by atoms with van der Waals surface area (Å²) in [5.41, 5.74) is 4.67. The Hall–Kier alpha value is -2.27. The number of ether oxygens (including phenoxy) is 2. The molecule has 0 saturated heterocycles. The molecule has 1 aromatic heterocycles. The molecule has 1 aromatic carbocycles. The molecule has 4 rings (SSSR count). The maximum Gasteiger partial charge on any atom is 0.231 e. The molecule has 5 nitrogen and oxygen atoms in total. The Bertz CT molecular complexity index is 764. The van der Waals surface area contributed by atoms with Crippen molar-refractivity contribution in [1.82, 2.24) is 15.1 Å². The zero-order chi connectivity index (χ0) is 16.5. The van der Waals surface area contributed by atoms with Gasteiger partial charge in [-0.3, -0.25) is 10.00 Å². The Kier molecular flexibility index (Phi) is 4.02. The van der Waals surface area contributed by atoms with Crippen LogP contribution < -0.4 is 9.47 Å². The predicted octanol–water partition coefficient (Wildman–Crippen LogP) is 3.38. The molecule has 0 amide bonds. The molecular weight excluding hydrogens is 302 g/mol. The van der Waals surface area contributed by atoms with Crippen LogP contribution in [0, 0.1) is 5.92 Å². The van der Waals surface area contributed by atoms with Crippen LogP contribution in [-0.2, 0) is 13.0 Å². The van der Waals surface area contributed by atoms with Crippen LogP contribution in [0.4, 0.5) is 0 Å². The molecule has 0 unspecified atom stereocenters. The summed E-state index contributed by atoms with van der Waals surface area (Å²) >= 11 is 0. The van der Waals surface area contributed by atoms with E-state index in [1.807, 2.05) is 12.1 Å². The first-order valence-electron chi connectivity index (χ1n) is 8.56. The number of H-pyrrole nitrogens is 1. The van der Waals surface area contributed by atoms with Crippen LogP contribution >= 0.6 is 0 Å². The summed E-state index contributed by atoms with van der Waals surface area (Å²) in [7, 11) is 0. The van der Waals surface area contributed by atoms with E-state index in [0.29, 0.717) is 12.7 Å². The quantitative estimate of drug-likeness (QED) is 0.876. The fourth-order valence-electron chi connectivity index (χ4n) is 3.27. The number of hydrogen-bond acceptors (Lipinski definition) is 4. The zero-order valence-electron chi connectivity index (χ0n) is 14.2. The van der Waals surface area contributed by atoms with Crippen molar-refractivity contribution in [3.05, 3.63) is 41.6 Å². The summed E-state index contributed by atoms with van der Waals surface area (Å²) in [5.74, 6) is 2.21. The molecule has 0 spiro atoms. The molecule has 0 atom stereocenters. The minimum atomic E-state index is 0.299. The van der Waals surface area contributed by atoms with Crippen molar-refractivity contribution >= 4 is 0 Å². The van der Waals surface area contributed by atoms with E-state index in [1.165, 1.54) is 11.3 Å². The summed E-state index contributed by atoms with van der Waals surface area (Å²) in [6.45, 7) is 7.70. The Morgan fingerprint density at radius 3 is 3.04 bits per heavy atom. The van der Waals surface area contributed by atoms with Crippen LogP contribution in [0.5, 0.6) is 11.5 Å². The van der Waals surface area contributed by atoms with Crippen molar-refractivity contribution in [1.29, 1.82) is 0 Å². The fourth-order valence-corrected chi connectivity index (χ4v) is 3.27. The van der Waals surface area contributed by atoms with E-state index in [2.05, 4.69) is 47.2 Å². The van der Waals surface area contributed by atoms with Crippen LogP contribution in [0.2, 0.25) is 0 Å². The van der Waals surface area contributed by atoms with E-state index < -0.39 is 0 Å². The smallest absolute Gasteiger partial charge is 0.231 e. The van der Waals surface area contributed by atoms with Gasteiger partial charge in [0.2, 0.25) is 6.79 Å². The number of allylic oxidation sites excluding steroid dienone is 1. The van der Waals surface area contributed by atoms with Gasteiger partial charge in [0.25, 0.3) is 0 Å². The van der Waals surface area contributed by atoms with Gasteiger partial charge in [-0.25, -0.2) is 0 Å². The number of fused-ring (bicyclic) bond motifs is 2. The predicted molar refractivity (Wildman–Crippen MR) is 93.1 cm³/mol. The maximum absolute atomic E-state index is 5.50. The molecule has 0 radical (unpaired) electrons. The highest BCUT2D eigenvalue weighted by Crippen LogP contribution is 2.37. The third-order valence-electron chi connectivity index (χ3n) is 4.54. The van der Waals surface area contributed by atoms with E-state index in [9.17, 15) is 0 Å². The molecule has 0 saturated carbocycles. The Morgan fingerprint density at radius 2 is 2.17 bits per heavy atom. The lowest BCUT2D eigenvalue weighted by Gasteiger charge is -2.25. The second kappa shape index (κ2) is 6.32. The molecule has 24 heavy (non-hydrogen) atoms. The van der Waals surface area contributed by atoms with E-state index >= 15 is 0 Å². The molecule has 2 aliphatic rings. The summed E-state index contributed by atoms with van der Waals surface area (Å²) in [4.78, 5) is 2.47. The van der Waals surface area contributed by atoms with Crippen LogP contribution in [0.25, 0.3) is 11.3 Å². The van der Waals surface area contributed by atoms with Gasteiger partial charge in [0, 0.05) is 42.9 Å². The summed E-state index contributed by atoms with van der Waals surface area (Å²) in [6, 6.07) is 6.04. The third-order valence-corrected chi connectivity index (χ3v) is 4.54. The monoisotopic (exact) mass is 325 g/mol. The lowest BCUT2D eigenvalue weighted by Crippen LogP contribution is -2.30. The van der Waals surface area contributed by atoms with Gasteiger partial charge in [0.15, 0.2) is 11.5 Å². The minimum Gasteiger partial charge on any atom is -0.454 e. The number of benzene rings is 1. The van der Waals surface area contributed by atoms with Crippen LogP contribution in [0.3, 0.4) is 0 Å². The van der Waals surface area contributed by atoms with Crippen LogP contribution in [-0.4, -0.2) is 35.0 Å². The van der Waals surface area contributed by atoms with E-state index in [0.717, 1.165) is 48.8 Å². The van der Waals surface area contributed by atoms with Crippen LogP contribution in [0.15, 0.2) is 30.4 Å². The van der Waals surface area contributed by atoms with Gasteiger partial charge in [-0.15, -0.1) is 0 Å². The van der Waals surface area contributed by atoms with Gasteiger partial charge < -0.3 is 9.47 Å². The van der Waals surface area contributed by atoms with Crippen molar-refractivity contribution in [2.75, 3.05) is 19.9 Å². The van der Waals surface area contributed by atoms with Crippen molar-refractivity contribution in [2.45, 2.75) is 26.8 Å². The summed E-state index contributed by atoms with van der Waals surface area (Å²) in [6.07, 6.45) is 5.56. The number of nitrogens with zero attached hydrogens (tertiary/aromatic N) is 2. The normalized spacial score (nSPS) is 17.0. The topological polar surface area (TPSA) is 50.4 Å². The highest BCUT2D eigenvalue weighted by molar-refractivity contribution is 5.68. The average Bonchev–Trinajstić information content (AvgIpc) is 3.20. The molecule has 3 heterocycles. The number of hydrogen-bond donors (Lipinski definition) is 1. The number of nitrogens with one attached hydrogen (secondary N) is 1. The van der Waals surface area contributed by atoms with E-state index in [1.54, 1.807) is 0 Å². The molecule has 2 aromatic rings. The molecule has 126 valence electrons. The Morgan fingerprint density at radius 1 is 1.29 bits per heavy atom. The van der Waals surface area contributed by atoms with Crippen molar-refractivity contribution < 1.29 is 9.47 Å². The third kappa shape index (κ3) is 2.91. The highest BCUT2D eigenvalue weighted by Gasteiger charge is 2.23. The van der Waals surface area contributed by atoms with Gasteiger partial charge in [0.1, 0.15) is 0 Å². The van der Waals surface area contributed by atoms with Crippen molar-refractivity contribution in [3.8, 4) is 22.8 Å². The Balaban J connectivity index is 1.56. The van der Waals surface area contributed by atoms with E-state index in [4.69, 9.17) is 9.47 Å². The lowest BCUT2D eigenvalue weighted by molar-refractivity contribution is 0.174. The number of aromatic amines is 1. The SMILES string of the molecule is CC(C)/C=C/CN1CCc2[nH]nc(-c3ccc4c(c3)OCO4)c2C1. The first-order valence-corrected chi connectivity index (χ1v) is 8.56. The maximum atomic E-state index is 5.50. The van der Waals surface area contributed by atoms with E-state index in [-0.39, 0.29) is 0 Å². The van der Waals surface area contributed by atoms with Gasteiger partial charge in [0.05, 0.1) is 5.69 Å². The minimum absolute atomic E-state index is 0.299. The number of rotatable bonds is 4. The highest BCUT2D eigenvalue weighted by atomic mass is 16.7. The second-order valence-corrected chi connectivity index (χ2v) is 6.75. The van der Waals surface area contributed by atoms with Gasteiger partial charge in [-0.05, 0) is 24.1 Å². The summed E-state index contributed by atoms with van der Waals surface area (Å²) in [5, 5.41) is 7.79.